The molecule has 0 unspecified atom stereocenters. The molecule has 0 aliphatic rings. The topological polar surface area (TPSA) is 20.2 Å². The first-order valence-corrected chi connectivity index (χ1v) is 3.77. The van der Waals surface area contributed by atoms with E-state index in [-0.39, 0.29) is 0 Å². The van der Waals surface area contributed by atoms with E-state index in [0.29, 0.717) is 5.57 Å². The fraction of sp³-hybridized carbons (Fsp3) is 0.200. The Balaban J connectivity index is 3.00. The highest BCUT2D eigenvalue weighted by molar-refractivity contribution is 5.65. The minimum absolute atomic E-state index is 0.471. The molecule has 0 bridgehead atoms. The Hall–Kier alpha value is -1.15. The van der Waals surface area contributed by atoms with Gasteiger partial charge in [-0.25, -0.2) is 4.39 Å². The first-order valence-electron chi connectivity index (χ1n) is 3.77. The number of rotatable bonds is 2. The maximum absolute atomic E-state index is 12.8. The summed E-state index contributed by atoms with van der Waals surface area (Å²) in [4.78, 5) is 0. The first kappa shape index (κ1) is 8.94. The number of aliphatic hydroxyl groups excluding tert-OH is 1. The van der Waals surface area contributed by atoms with Crippen molar-refractivity contribution in [3.63, 3.8) is 0 Å². The molecule has 0 amide bonds. The van der Waals surface area contributed by atoms with Gasteiger partial charge < -0.3 is 5.11 Å². The molecule has 0 heterocycles. The Morgan fingerprint density at radius 1 is 1.33 bits per heavy atom. The van der Waals surface area contributed by atoms with Gasteiger partial charge in [-0.2, -0.15) is 0 Å². The van der Waals surface area contributed by atoms with Crippen molar-refractivity contribution >= 4 is 5.57 Å². The largest absolute Gasteiger partial charge is 0.389 e. The maximum Gasteiger partial charge on any atom is 0.129 e. The monoisotopic (exact) mass is 166 g/mol. The molecule has 12 heavy (non-hydrogen) atoms. The quantitative estimate of drug-likeness (QED) is 0.715. The Morgan fingerprint density at radius 3 is 2.42 bits per heavy atom. The summed E-state index contributed by atoms with van der Waals surface area (Å²) >= 11 is 0. The van der Waals surface area contributed by atoms with Crippen molar-refractivity contribution in [2.75, 3.05) is 6.61 Å². The lowest BCUT2D eigenvalue weighted by molar-refractivity contribution is 0.299. The van der Waals surface area contributed by atoms with Crippen molar-refractivity contribution in [3.05, 3.63) is 41.7 Å². The number of benzene rings is 1. The highest BCUT2D eigenvalue weighted by atomic mass is 19.1. The molecule has 0 aliphatic heterocycles. The molecule has 0 radical (unpaired) electrons. The van der Waals surface area contributed by atoms with Crippen LogP contribution in [0.2, 0.25) is 0 Å². The molecule has 64 valence electrons. The minimum atomic E-state index is -0.527. The van der Waals surface area contributed by atoms with Gasteiger partial charge in [0, 0.05) is 0 Å². The molecule has 0 saturated heterocycles. The summed E-state index contributed by atoms with van der Waals surface area (Å²) in [5.74, 6) is -0.471. The summed E-state index contributed by atoms with van der Waals surface area (Å²) in [6.07, 6.45) is 0. The third kappa shape index (κ3) is 1.92. The first-order chi connectivity index (χ1) is 5.75. The Kier molecular flexibility index (Phi) is 3.00. The van der Waals surface area contributed by atoms with Crippen LogP contribution in [0, 0.1) is 0 Å². The molecule has 1 nitrogen and oxygen atoms in total. The van der Waals surface area contributed by atoms with Gasteiger partial charge in [0.05, 0.1) is 6.61 Å². The van der Waals surface area contributed by atoms with Crippen LogP contribution < -0.4 is 0 Å². The second-order valence-electron chi connectivity index (χ2n) is 2.55. The summed E-state index contributed by atoms with van der Waals surface area (Å²) in [5, 5.41) is 8.53. The molecule has 1 aromatic carbocycles. The maximum atomic E-state index is 12.8. The van der Waals surface area contributed by atoms with Crippen LogP contribution in [0.1, 0.15) is 12.5 Å². The van der Waals surface area contributed by atoms with Gasteiger partial charge >= 0.3 is 0 Å². The van der Waals surface area contributed by atoms with Crippen molar-refractivity contribution in [1.82, 2.24) is 0 Å². The molecular weight excluding hydrogens is 155 g/mol. The van der Waals surface area contributed by atoms with Crippen LogP contribution in [0.3, 0.4) is 0 Å². The minimum Gasteiger partial charge on any atom is -0.389 e. The lowest BCUT2D eigenvalue weighted by Gasteiger charge is -2.01. The van der Waals surface area contributed by atoms with E-state index in [0.717, 1.165) is 5.56 Å². The molecule has 0 fully saturated rings. The average molecular weight is 166 g/mol. The van der Waals surface area contributed by atoms with Gasteiger partial charge in [-0.05, 0) is 18.1 Å². The van der Waals surface area contributed by atoms with Gasteiger partial charge in [0.1, 0.15) is 5.83 Å². The molecule has 1 rings (SSSR count). The smallest absolute Gasteiger partial charge is 0.129 e. The molecule has 0 atom stereocenters. The second-order valence-corrected chi connectivity index (χ2v) is 2.55. The lowest BCUT2D eigenvalue weighted by atomic mass is 10.1. The zero-order valence-corrected chi connectivity index (χ0v) is 6.92. The fourth-order valence-corrected chi connectivity index (χ4v) is 0.963. The number of aliphatic hydroxyl groups is 1. The molecule has 2 heteroatoms. The Labute approximate surface area is 71.2 Å². The van der Waals surface area contributed by atoms with Gasteiger partial charge in [0.2, 0.25) is 0 Å². The van der Waals surface area contributed by atoms with Crippen LogP contribution >= 0.6 is 0 Å². The standard InChI is InChI=1S/C10H11FO/c1-8(10(11)7-12)9-5-3-2-4-6-9/h2-6,12H,7H2,1H3. The molecule has 0 spiro atoms. The van der Waals surface area contributed by atoms with Crippen LogP contribution in [0.15, 0.2) is 36.2 Å². The van der Waals surface area contributed by atoms with Crippen LogP contribution in [-0.2, 0) is 0 Å². The van der Waals surface area contributed by atoms with Crippen LogP contribution in [0.4, 0.5) is 4.39 Å². The van der Waals surface area contributed by atoms with Crippen LogP contribution in [-0.4, -0.2) is 11.7 Å². The van der Waals surface area contributed by atoms with Crippen molar-refractivity contribution in [1.29, 1.82) is 0 Å². The van der Waals surface area contributed by atoms with Crippen molar-refractivity contribution in [2.45, 2.75) is 6.92 Å². The number of hydrogen-bond acceptors (Lipinski definition) is 1. The highest BCUT2D eigenvalue weighted by Gasteiger charge is 2.01. The third-order valence-corrected chi connectivity index (χ3v) is 1.75. The second kappa shape index (κ2) is 4.02. The molecule has 1 N–H and O–H groups in total. The molecule has 1 aromatic rings. The lowest BCUT2D eigenvalue weighted by Crippen LogP contribution is -1.88. The van der Waals surface area contributed by atoms with Crippen molar-refractivity contribution in [3.8, 4) is 0 Å². The molecular formula is C10H11FO. The van der Waals surface area contributed by atoms with Gasteiger partial charge in [0.25, 0.3) is 0 Å². The van der Waals surface area contributed by atoms with E-state index in [2.05, 4.69) is 0 Å². The van der Waals surface area contributed by atoms with Gasteiger partial charge in [-0.15, -0.1) is 0 Å². The number of hydrogen-bond donors (Lipinski definition) is 1. The van der Waals surface area contributed by atoms with Gasteiger partial charge in [-0.3, -0.25) is 0 Å². The van der Waals surface area contributed by atoms with E-state index in [9.17, 15) is 4.39 Å². The summed E-state index contributed by atoms with van der Waals surface area (Å²) in [7, 11) is 0. The van der Waals surface area contributed by atoms with E-state index < -0.39 is 12.4 Å². The van der Waals surface area contributed by atoms with E-state index in [1.807, 2.05) is 30.3 Å². The number of allylic oxidation sites excluding steroid dienone is 1. The Morgan fingerprint density at radius 2 is 1.92 bits per heavy atom. The molecule has 0 aliphatic carbocycles. The van der Waals surface area contributed by atoms with E-state index in [1.54, 1.807) is 6.92 Å². The summed E-state index contributed by atoms with van der Waals surface area (Å²) in [5.41, 5.74) is 1.31. The molecule has 0 aromatic heterocycles. The van der Waals surface area contributed by atoms with Crippen molar-refractivity contribution < 1.29 is 9.50 Å². The van der Waals surface area contributed by atoms with E-state index in [1.165, 1.54) is 0 Å². The normalized spacial score (nSPS) is 12.6. The van der Waals surface area contributed by atoms with E-state index in [4.69, 9.17) is 5.11 Å². The summed E-state index contributed by atoms with van der Waals surface area (Å²) < 4.78 is 12.8. The summed E-state index contributed by atoms with van der Waals surface area (Å²) in [6, 6.07) is 9.16. The zero-order chi connectivity index (χ0) is 8.97. The van der Waals surface area contributed by atoms with Crippen molar-refractivity contribution in [2.24, 2.45) is 0 Å². The van der Waals surface area contributed by atoms with Gasteiger partial charge in [0.15, 0.2) is 0 Å². The zero-order valence-electron chi connectivity index (χ0n) is 6.92. The van der Waals surface area contributed by atoms with E-state index >= 15 is 0 Å². The predicted octanol–water partition coefficient (Wildman–Crippen LogP) is 2.38. The number of halogens is 1. The predicted molar refractivity (Wildman–Crippen MR) is 47.2 cm³/mol. The Bertz CT molecular complexity index is 277. The van der Waals surface area contributed by atoms with Crippen LogP contribution in [0.25, 0.3) is 5.57 Å². The third-order valence-electron chi connectivity index (χ3n) is 1.75. The molecule has 0 saturated carbocycles. The van der Waals surface area contributed by atoms with Crippen LogP contribution in [0.5, 0.6) is 0 Å². The fourth-order valence-electron chi connectivity index (χ4n) is 0.963. The van der Waals surface area contributed by atoms with Gasteiger partial charge in [-0.1, -0.05) is 30.3 Å². The average Bonchev–Trinajstić information content (AvgIpc) is 2.17. The highest BCUT2D eigenvalue weighted by Crippen LogP contribution is 2.17. The summed E-state index contributed by atoms with van der Waals surface area (Å²) in [6.45, 7) is 1.13. The SMILES string of the molecule is CC(=C(F)CO)c1ccccc1.